The predicted octanol–water partition coefficient (Wildman–Crippen LogP) is 2.69. The molecule has 3 rings (SSSR count). The van der Waals surface area contributed by atoms with Crippen LogP contribution in [-0.4, -0.2) is 42.7 Å². The number of methoxy groups -OCH3 is 1. The van der Waals surface area contributed by atoms with Crippen molar-refractivity contribution in [3.8, 4) is 11.5 Å². The number of ether oxygens (including phenoxy) is 1. The van der Waals surface area contributed by atoms with E-state index in [4.69, 9.17) is 4.74 Å². The topological polar surface area (TPSA) is 95.5 Å². The van der Waals surface area contributed by atoms with E-state index < -0.39 is 0 Å². The molecule has 1 fully saturated rings. The van der Waals surface area contributed by atoms with E-state index in [-0.39, 0.29) is 23.7 Å². The van der Waals surface area contributed by atoms with Gasteiger partial charge in [0, 0.05) is 19.3 Å². The molecule has 2 atom stereocenters. The number of phenols is 1. The molecule has 1 amide bonds. The van der Waals surface area contributed by atoms with Crippen molar-refractivity contribution in [1.82, 2.24) is 20.9 Å². The summed E-state index contributed by atoms with van der Waals surface area (Å²) in [7, 11) is 1.53. The molecule has 0 bridgehead atoms. The maximum Gasteiger partial charge on any atom is 0.217 e. The number of benzene rings is 1. The van der Waals surface area contributed by atoms with Gasteiger partial charge in [0.2, 0.25) is 5.91 Å². The van der Waals surface area contributed by atoms with E-state index >= 15 is 0 Å². The molecular formula is C23H32N4O3. The predicted molar refractivity (Wildman–Crippen MR) is 116 cm³/mol. The summed E-state index contributed by atoms with van der Waals surface area (Å²) in [6, 6.07) is 8.69. The Hall–Kier alpha value is -2.64. The van der Waals surface area contributed by atoms with Crippen LogP contribution in [0.2, 0.25) is 0 Å². The maximum atomic E-state index is 12.0. The molecule has 1 aromatic heterocycles. The van der Waals surface area contributed by atoms with Gasteiger partial charge in [0.15, 0.2) is 11.5 Å². The summed E-state index contributed by atoms with van der Waals surface area (Å²) < 4.78 is 5.32. The number of amides is 1. The number of hydrogen-bond donors (Lipinski definition) is 4. The van der Waals surface area contributed by atoms with Crippen molar-refractivity contribution in [3.63, 3.8) is 0 Å². The minimum Gasteiger partial charge on any atom is -0.504 e. The van der Waals surface area contributed by atoms with Crippen molar-refractivity contribution >= 4 is 5.91 Å². The lowest BCUT2D eigenvalue weighted by Crippen LogP contribution is -2.38. The second-order valence-corrected chi connectivity index (χ2v) is 7.80. The van der Waals surface area contributed by atoms with Gasteiger partial charge in [0.25, 0.3) is 0 Å². The number of carbonyl (C=O) groups is 1. The van der Waals surface area contributed by atoms with E-state index in [2.05, 4.69) is 20.9 Å². The SMILES string of the molecule is COc1cc(C(NCCC2CCNCC2)C(NC(C)=O)c2ccncc2)ccc1O. The molecule has 162 valence electrons. The van der Waals surface area contributed by atoms with Crippen LogP contribution in [0.15, 0.2) is 42.7 Å². The van der Waals surface area contributed by atoms with E-state index in [9.17, 15) is 9.90 Å². The minimum atomic E-state index is -0.284. The van der Waals surface area contributed by atoms with Crippen molar-refractivity contribution in [2.75, 3.05) is 26.7 Å². The van der Waals surface area contributed by atoms with Gasteiger partial charge in [-0.25, -0.2) is 0 Å². The van der Waals surface area contributed by atoms with E-state index in [1.807, 2.05) is 24.3 Å². The van der Waals surface area contributed by atoms with Crippen LogP contribution in [0.25, 0.3) is 0 Å². The third kappa shape index (κ3) is 5.93. The summed E-state index contributed by atoms with van der Waals surface area (Å²) in [4.78, 5) is 16.1. The first-order valence-corrected chi connectivity index (χ1v) is 10.6. The highest BCUT2D eigenvalue weighted by Gasteiger charge is 2.27. The van der Waals surface area contributed by atoms with Gasteiger partial charge in [-0.2, -0.15) is 0 Å². The highest BCUT2D eigenvalue weighted by Crippen LogP contribution is 2.34. The number of carbonyl (C=O) groups excluding carboxylic acids is 1. The zero-order chi connectivity index (χ0) is 21.3. The van der Waals surface area contributed by atoms with Crippen LogP contribution < -0.4 is 20.7 Å². The second-order valence-electron chi connectivity index (χ2n) is 7.80. The molecule has 1 saturated heterocycles. The Labute approximate surface area is 178 Å². The summed E-state index contributed by atoms with van der Waals surface area (Å²) in [5.74, 6) is 1.10. The number of nitrogens with zero attached hydrogens (tertiary/aromatic N) is 1. The summed E-state index contributed by atoms with van der Waals surface area (Å²) in [5, 5.41) is 20.2. The van der Waals surface area contributed by atoms with Crippen molar-refractivity contribution in [2.45, 2.75) is 38.3 Å². The molecule has 30 heavy (non-hydrogen) atoms. The molecule has 1 aliphatic heterocycles. The molecular weight excluding hydrogens is 380 g/mol. The van der Waals surface area contributed by atoms with Crippen LogP contribution in [-0.2, 0) is 4.79 Å². The fraction of sp³-hybridized carbons (Fsp3) is 0.478. The molecule has 2 unspecified atom stereocenters. The van der Waals surface area contributed by atoms with Gasteiger partial charge in [-0.15, -0.1) is 0 Å². The summed E-state index contributed by atoms with van der Waals surface area (Å²) >= 11 is 0. The Morgan fingerprint density at radius 2 is 1.93 bits per heavy atom. The molecule has 1 aliphatic rings. The van der Waals surface area contributed by atoms with Gasteiger partial charge in [-0.1, -0.05) is 6.07 Å². The van der Waals surface area contributed by atoms with Gasteiger partial charge >= 0.3 is 0 Å². The fourth-order valence-corrected chi connectivity index (χ4v) is 4.08. The molecule has 7 heteroatoms. The number of aromatic hydroxyl groups is 1. The van der Waals surface area contributed by atoms with Gasteiger partial charge in [0.1, 0.15) is 0 Å². The van der Waals surface area contributed by atoms with Crippen LogP contribution in [0.3, 0.4) is 0 Å². The number of pyridine rings is 1. The van der Waals surface area contributed by atoms with Crippen molar-refractivity contribution < 1.29 is 14.6 Å². The molecule has 0 aliphatic carbocycles. The van der Waals surface area contributed by atoms with Crippen LogP contribution in [0.5, 0.6) is 11.5 Å². The second kappa shape index (κ2) is 10.9. The maximum absolute atomic E-state index is 12.0. The summed E-state index contributed by atoms with van der Waals surface area (Å²) in [6.45, 7) is 4.51. The normalized spacial score (nSPS) is 16.6. The average molecular weight is 413 g/mol. The Bertz CT molecular complexity index is 809. The van der Waals surface area contributed by atoms with Crippen LogP contribution in [0.1, 0.15) is 49.4 Å². The molecule has 7 nitrogen and oxygen atoms in total. The summed E-state index contributed by atoms with van der Waals surface area (Å²) in [6.07, 6.45) is 6.93. The van der Waals surface area contributed by atoms with E-state index in [1.54, 1.807) is 18.5 Å². The third-order valence-corrected chi connectivity index (χ3v) is 5.70. The molecule has 2 heterocycles. The van der Waals surface area contributed by atoms with E-state index in [1.165, 1.54) is 26.9 Å². The molecule has 0 radical (unpaired) electrons. The quantitative estimate of drug-likeness (QED) is 0.506. The molecule has 1 aromatic carbocycles. The number of nitrogens with one attached hydrogen (secondary N) is 3. The Kier molecular flexibility index (Phi) is 8.04. The molecule has 0 saturated carbocycles. The average Bonchev–Trinajstić information content (AvgIpc) is 2.77. The molecule has 0 spiro atoms. The van der Waals surface area contributed by atoms with Gasteiger partial charge < -0.3 is 25.8 Å². The number of aromatic nitrogens is 1. The van der Waals surface area contributed by atoms with Gasteiger partial charge in [0.05, 0.1) is 19.2 Å². The number of rotatable bonds is 9. The lowest BCUT2D eigenvalue weighted by molar-refractivity contribution is -0.119. The Balaban J connectivity index is 1.86. The third-order valence-electron chi connectivity index (χ3n) is 5.70. The van der Waals surface area contributed by atoms with E-state index in [0.29, 0.717) is 11.7 Å². The van der Waals surface area contributed by atoms with Crippen molar-refractivity contribution in [3.05, 3.63) is 53.9 Å². The van der Waals surface area contributed by atoms with Crippen molar-refractivity contribution in [1.29, 1.82) is 0 Å². The lowest BCUT2D eigenvalue weighted by atomic mass is 9.91. The molecule has 2 aromatic rings. The van der Waals surface area contributed by atoms with Crippen LogP contribution in [0, 0.1) is 5.92 Å². The summed E-state index contributed by atoms with van der Waals surface area (Å²) in [5.41, 5.74) is 1.90. The fourth-order valence-electron chi connectivity index (χ4n) is 4.08. The number of hydrogen-bond acceptors (Lipinski definition) is 6. The lowest BCUT2D eigenvalue weighted by Gasteiger charge is -2.31. The largest absolute Gasteiger partial charge is 0.504 e. The Morgan fingerprint density at radius 1 is 1.20 bits per heavy atom. The first-order valence-electron chi connectivity index (χ1n) is 10.6. The molecule has 4 N–H and O–H groups in total. The van der Waals surface area contributed by atoms with Crippen molar-refractivity contribution in [2.24, 2.45) is 5.92 Å². The minimum absolute atomic E-state index is 0.0923. The first kappa shape index (κ1) is 22.1. The zero-order valence-corrected chi connectivity index (χ0v) is 17.7. The highest BCUT2D eigenvalue weighted by atomic mass is 16.5. The number of piperidine rings is 1. The van der Waals surface area contributed by atoms with Crippen LogP contribution >= 0.6 is 0 Å². The highest BCUT2D eigenvalue weighted by molar-refractivity contribution is 5.73. The smallest absolute Gasteiger partial charge is 0.217 e. The first-order chi connectivity index (χ1) is 14.6. The van der Waals surface area contributed by atoms with Gasteiger partial charge in [-0.05, 0) is 80.2 Å². The Morgan fingerprint density at radius 3 is 2.60 bits per heavy atom. The monoisotopic (exact) mass is 412 g/mol. The zero-order valence-electron chi connectivity index (χ0n) is 17.7. The van der Waals surface area contributed by atoms with E-state index in [0.717, 1.165) is 37.2 Å². The standard InChI is InChI=1S/C23H32N4O3/c1-16(28)27-23(18-8-12-25-13-9-18)22(19-3-4-20(29)21(15-19)30-2)26-14-7-17-5-10-24-11-6-17/h3-4,8-9,12-13,15,17,22-24,26,29H,5-7,10-11,14H2,1-2H3,(H,27,28). The van der Waals surface area contributed by atoms with Gasteiger partial charge in [-0.3, -0.25) is 9.78 Å². The van der Waals surface area contributed by atoms with Crippen LogP contribution in [0.4, 0.5) is 0 Å². The number of phenolic OH excluding ortho intramolecular Hbond substituents is 1.